The highest BCUT2D eigenvalue weighted by atomic mass is 79.9. The Labute approximate surface area is 536 Å². The topological polar surface area (TPSA) is 187 Å². The minimum absolute atomic E-state index is 0. The van der Waals surface area contributed by atoms with Crippen molar-refractivity contribution in [2.75, 3.05) is 13.2 Å². The summed E-state index contributed by atoms with van der Waals surface area (Å²) in [6.07, 6.45) is 5.73. The maximum atomic E-state index is 15.7. The Morgan fingerprint density at radius 3 is 1.20 bits per heavy atom. The zero-order valence-corrected chi connectivity index (χ0v) is 47.6. The predicted molar refractivity (Wildman–Crippen MR) is 321 cm³/mol. The largest absolute Gasteiger partial charge is 0.488 e. The third kappa shape index (κ3) is 16.0. The fourth-order valence-corrected chi connectivity index (χ4v) is 9.36. The fraction of sp³-hybridized carbons (Fsp3) is 0.185. The van der Waals surface area contributed by atoms with E-state index in [9.17, 15) is 53.4 Å². The van der Waals surface area contributed by atoms with E-state index in [4.69, 9.17) is 19.5 Å². The number of alkyl halides is 6. The van der Waals surface area contributed by atoms with E-state index in [-0.39, 0.29) is 45.7 Å². The highest BCUT2D eigenvalue weighted by Gasteiger charge is 2.69. The zero-order valence-electron chi connectivity index (χ0n) is 46.1. The molecule has 0 aliphatic carbocycles. The van der Waals surface area contributed by atoms with E-state index >= 15 is 17.6 Å². The zero-order chi connectivity index (χ0) is 65.0. The molecule has 2 saturated heterocycles. The molecule has 0 spiro atoms. The maximum Gasteiger partial charge on any atom is 0.488 e. The third-order valence-electron chi connectivity index (χ3n) is 14.1. The molecule has 2 fully saturated rings. The van der Waals surface area contributed by atoms with Crippen LogP contribution < -0.4 is 5.46 Å². The average molecular weight is 1390 g/mol. The average Bonchev–Trinajstić information content (AvgIpc) is 1.49. The van der Waals surface area contributed by atoms with Gasteiger partial charge in [-0.3, -0.25) is 15.0 Å². The van der Waals surface area contributed by atoms with Gasteiger partial charge in [-0.05, 0) is 130 Å². The molecule has 12 nitrogen and oxygen atoms in total. The second-order valence-electron chi connectivity index (χ2n) is 19.9. The molecule has 12 rings (SSSR count). The minimum Gasteiger partial charge on any atom is -0.423 e. The number of aliphatic hydroxyl groups is 1. The third-order valence-corrected chi connectivity index (χ3v) is 14.6. The summed E-state index contributed by atoms with van der Waals surface area (Å²) < 4.78 is 222. The smallest absolute Gasteiger partial charge is 0.423 e. The van der Waals surface area contributed by atoms with Gasteiger partial charge in [-0.25, -0.2) is 49.2 Å². The Morgan fingerprint density at radius 2 is 0.851 bits per heavy atom. The van der Waals surface area contributed by atoms with Gasteiger partial charge in [0.05, 0.1) is 19.8 Å². The first-order chi connectivity index (χ1) is 42.6. The van der Waals surface area contributed by atoms with Crippen molar-refractivity contribution in [1.82, 2.24) is 29.7 Å². The van der Waals surface area contributed by atoms with Crippen LogP contribution in [-0.4, -0.2) is 70.7 Å². The van der Waals surface area contributed by atoms with E-state index in [2.05, 4.69) is 41.0 Å². The van der Waals surface area contributed by atoms with Crippen LogP contribution in [0.4, 0.5) is 65.9 Å². The van der Waals surface area contributed by atoms with Crippen molar-refractivity contribution in [3.05, 3.63) is 286 Å². The first kappa shape index (κ1) is 75.9. The molecule has 3 atom stereocenters. The van der Waals surface area contributed by atoms with Gasteiger partial charge in [-0.1, -0.05) is 70.8 Å². The molecule has 94 heavy (non-hydrogen) atoms. The van der Waals surface area contributed by atoms with Crippen molar-refractivity contribution >= 4 is 28.5 Å². The van der Waals surface area contributed by atoms with E-state index in [1.54, 1.807) is 0 Å². The standard InChI is InChI=1S/C22H15F5N4O.C20H12F5NO.C14H8BrF4NO.C6H6BFO2.3CH4.H2O/c23-16-4-1-14(2-5-16)15-3-8-20(29-10-15)22(26,27)21(32,11-31-13-28-12-30-31)18-7-6-17(24)9-19(18)25;21-14-4-1-12(2-5-14)13-3-8-18(26-10-13)20(24,25)19(11-27-19)16-7-6-15(22)9-17(16)23;15-8-1-4-12(20-6-8)14(18,19)13(7-21-13)10-3-2-9(16)5-11(10)17;8-6-3-1-5(2-4-6)7(9)10;;;;/h1-10,12-13,32H,11H2;1-10H,11H2;1-6H,7H2;1-4,9-10H;3*1H4;1H2. The summed E-state index contributed by atoms with van der Waals surface area (Å²) in [6.45, 7) is -1.66. The van der Waals surface area contributed by atoms with Crippen molar-refractivity contribution in [1.29, 1.82) is 0 Å². The number of rotatable bonds is 14. The normalized spacial score (nSPS) is 15.9. The molecule has 0 bridgehead atoms. The van der Waals surface area contributed by atoms with Gasteiger partial charge in [-0.2, -0.15) is 31.4 Å². The number of hydrogen-bond donors (Lipinski definition) is 3. The van der Waals surface area contributed by atoms with Crippen LogP contribution in [0.15, 0.2) is 200 Å². The molecule has 4 aromatic heterocycles. The molecule has 496 valence electrons. The quantitative estimate of drug-likeness (QED) is 0.0537. The highest BCUT2D eigenvalue weighted by molar-refractivity contribution is 9.10. The van der Waals surface area contributed by atoms with E-state index in [1.165, 1.54) is 103 Å². The number of nitrogens with zero attached hydrogens (tertiary/aromatic N) is 6. The molecule has 0 saturated carbocycles. The summed E-state index contributed by atoms with van der Waals surface area (Å²) >= 11 is 3.10. The van der Waals surface area contributed by atoms with Gasteiger partial charge in [0.25, 0.3) is 0 Å². The number of epoxide rings is 2. The monoisotopic (exact) mass is 1390 g/mol. The molecule has 0 radical (unpaired) electrons. The van der Waals surface area contributed by atoms with E-state index < -0.39 is 130 Å². The first-order valence-electron chi connectivity index (χ1n) is 26.1. The van der Waals surface area contributed by atoms with Crippen LogP contribution in [0.25, 0.3) is 22.3 Å². The Hall–Kier alpha value is -8.84. The molecule has 2 aliphatic heterocycles. The molecule has 0 amide bonds. The van der Waals surface area contributed by atoms with Gasteiger partial charge in [0.1, 0.15) is 82.1 Å². The van der Waals surface area contributed by atoms with Gasteiger partial charge < -0.3 is 30.1 Å². The molecule has 2 aliphatic rings. The van der Waals surface area contributed by atoms with Gasteiger partial charge in [-0.15, -0.1) is 0 Å². The summed E-state index contributed by atoms with van der Waals surface area (Å²) in [5, 5.41) is 31.9. The van der Waals surface area contributed by atoms with Crippen LogP contribution >= 0.6 is 15.9 Å². The molecule has 29 heteroatoms. The lowest BCUT2D eigenvalue weighted by Crippen LogP contribution is -2.48. The van der Waals surface area contributed by atoms with Crippen LogP contribution in [-0.2, 0) is 50.6 Å². The number of hydrogen-bond acceptors (Lipinski definition) is 10. The van der Waals surface area contributed by atoms with Crippen LogP contribution in [0.3, 0.4) is 0 Å². The Balaban J connectivity index is 0.000000236. The van der Waals surface area contributed by atoms with Crippen molar-refractivity contribution in [2.45, 2.75) is 63.4 Å². The Morgan fingerprint density at radius 1 is 0.479 bits per heavy atom. The van der Waals surface area contributed by atoms with Crippen LogP contribution in [0.2, 0.25) is 0 Å². The maximum absolute atomic E-state index is 15.7. The molecule has 6 aromatic carbocycles. The lowest BCUT2D eigenvalue weighted by molar-refractivity contribution is -0.207. The van der Waals surface area contributed by atoms with E-state index in [1.807, 2.05) is 0 Å². The van der Waals surface area contributed by atoms with Gasteiger partial charge in [0, 0.05) is 69.1 Å². The molecule has 5 N–H and O–H groups in total. The molecule has 3 unspecified atom stereocenters. The van der Waals surface area contributed by atoms with Crippen molar-refractivity contribution in [3.63, 3.8) is 0 Å². The van der Waals surface area contributed by atoms with Crippen LogP contribution in [0.5, 0.6) is 0 Å². The highest BCUT2D eigenvalue weighted by Crippen LogP contribution is 2.58. The van der Waals surface area contributed by atoms with Crippen LogP contribution in [0, 0.1) is 52.4 Å². The molecule has 6 heterocycles. The molecule has 10 aromatic rings. The Bertz CT molecular complexity index is 4090. The van der Waals surface area contributed by atoms with Crippen molar-refractivity contribution in [3.8, 4) is 22.3 Å². The fourth-order valence-electron chi connectivity index (χ4n) is 9.12. The first-order valence-corrected chi connectivity index (χ1v) is 26.9. The van der Waals surface area contributed by atoms with Crippen molar-refractivity contribution in [2.24, 2.45) is 0 Å². The van der Waals surface area contributed by atoms with E-state index in [0.29, 0.717) is 50.4 Å². The van der Waals surface area contributed by atoms with Crippen molar-refractivity contribution < 1.29 is 96.0 Å². The SMILES string of the molecule is C.C.C.Fc1ccc(-c2ccc(C(F)(F)C3(c4ccc(F)cc4F)CO3)nc2)cc1.Fc1ccc(C2(C(F)(F)c3ccc(Br)cn3)CO2)c(F)c1.O.OB(O)c1ccc(F)cc1.OC(Cn1cncn1)(c1ccc(F)cc1F)C(F)(F)c1ccc(-c2ccc(F)cc2)cn1. The summed E-state index contributed by atoms with van der Waals surface area (Å²) in [4.78, 5) is 14.9. The van der Waals surface area contributed by atoms with Gasteiger partial charge in [0.2, 0.25) is 0 Å². The summed E-state index contributed by atoms with van der Waals surface area (Å²) in [5.74, 6) is -18.8. The lowest BCUT2D eigenvalue weighted by Gasteiger charge is -2.36. The van der Waals surface area contributed by atoms with Gasteiger partial charge in [0.15, 0.2) is 16.8 Å². The summed E-state index contributed by atoms with van der Waals surface area (Å²) in [6, 6.07) is 30.0. The number of pyridine rings is 3. The van der Waals surface area contributed by atoms with Crippen LogP contribution in [0.1, 0.15) is 56.1 Å². The second-order valence-corrected chi connectivity index (χ2v) is 20.9. The number of ether oxygens (including phenoxy) is 2. The number of aromatic nitrogens is 6. The predicted octanol–water partition coefficient (Wildman–Crippen LogP) is 14.3. The lowest BCUT2D eigenvalue weighted by atomic mass is 9.80. The summed E-state index contributed by atoms with van der Waals surface area (Å²) in [7, 11) is -1.51. The second kappa shape index (κ2) is 30.5. The number of benzene rings is 6. The summed E-state index contributed by atoms with van der Waals surface area (Å²) in [5.41, 5.74) is -8.75. The molecular formula is C65H55BBrF15N6O6. The number of halogens is 16. The molecular weight excluding hydrogens is 1340 g/mol. The Kier molecular flexibility index (Phi) is 24.6. The van der Waals surface area contributed by atoms with Gasteiger partial charge >= 0.3 is 24.9 Å². The minimum atomic E-state index is -4.13. The van der Waals surface area contributed by atoms with E-state index in [0.717, 1.165) is 78.1 Å².